The maximum Gasteiger partial charge on any atom is 0.341 e. The maximum atomic E-state index is 13.2. The van der Waals surface area contributed by atoms with Crippen molar-refractivity contribution in [1.82, 2.24) is 4.90 Å². The quantitative estimate of drug-likeness (QED) is 0.199. The Labute approximate surface area is 245 Å². The van der Waals surface area contributed by atoms with Gasteiger partial charge in [-0.15, -0.1) is 0 Å². The fraction of sp³-hybridized carbons (Fsp3) is 0.219. The molecule has 0 radical (unpaired) electrons. The molecule has 0 saturated heterocycles. The van der Waals surface area contributed by atoms with Crippen LogP contribution in [0.4, 0.5) is 0 Å². The highest BCUT2D eigenvalue weighted by molar-refractivity contribution is 7.91. The smallest absolute Gasteiger partial charge is 0.341 e. The van der Waals surface area contributed by atoms with Gasteiger partial charge in [-0.25, -0.2) is 13.2 Å². The van der Waals surface area contributed by atoms with Crippen LogP contribution in [-0.2, 0) is 27.5 Å². The number of sulfone groups is 1. The number of esters is 1. The van der Waals surface area contributed by atoms with E-state index in [4.69, 9.17) is 16.3 Å². The van der Waals surface area contributed by atoms with E-state index in [0.29, 0.717) is 31.1 Å². The molecule has 0 amide bonds. The van der Waals surface area contributed by atoms with E-state index in [-0.39, 0.29) is 22.0 Å². The summed E-state index contributed by atoms with van der Waals surface area (Å²) in [5, 5.41) is 21.7. The number of carbonyl (C=O) groups excluding carboxylic acids is 1. The van der Waals surface area contributed by atoms with Crippen LogP contribution in [0.2, 0.25) is 5.02 Å². The van der Waals surface area contributed by atoms with E-state index in [0.717, 1.165) is 22.8 Å². The van der Waals surface area contributed by atoms with Crippen molar-refractivity contribution in [2.45, 2.75) is 35.8 Å². The van der Waals surface area contributed by atoms with Gasteiger partial charge in [0.05, 0.1) is 22.5 Å². The van der Waals surface area contributed by atoms with Gasteiger partial charge in [-0.1, -0.05) is 66.2 Å². The van der Waals surface area contributed by atoms with Gasteiger partial charge in [0.15, 0.2) is 0 Å². The minimum absolute atomic E-state index is 0.0713. The molecule has 1 unspecified atom stereocenters. The highest BCUT2D eigenvalue weighted by Crippen LogP contribution is 2.27. The number of rotatable bonds is 12. The number of carbonyl (C=O) groups is 1. The molecule has 0 saturated carbocycles. The second-order valence-corrected chi connectivity index (χ2v) is 12.0. The van der Waals surface area contributed by atoms with Crippen molar-refractivity contribution in [2.75, 3.05) is 19.7 Å². The Morgan fingerprint density at radius 2 is 1.61 bits per heavy atom. The summed E-state index contributed by atoms with van der Waals surface area (Å²) >= 11 is 6.12. The van der Waals surface area contributed by atoms with Crippen molar-refractivity contribution in [3.05, 3.63) is 124 Å². The molecular weight excluding hydrogens is 562 g/mol. The SMILES string of the molecule is CCOC(=O)c1ccc(S(=O)(=O)c2ccc(CCN(Cc3ccccc3)CC(O)c3cccc(Cl)c3)cc2)cc1O. The lowest BCUT2D eigenvalue weighted by Crippen LogP contribution is -2.30. The molecule has 0 aliphatic carbocycles. The van der Waals surface area contributed by atoms with Crippen molar-refractivity contribution in [3.8, 4) is 5.75 Å². The lowest BCUT2D eigenvalue weighted by atomic mass is 10.1. The van der Waals surface area contributed by atoms with E-state index in [1.807, 2.05) is 42.5 Å². The van der Waals surface area contributed by atoms with Crippen LogP contribution in [0.25, 0.3) is 0 Å². The standard InChI is InChI=1S/C32H32ClNO6S/c1-2-40-32(37)29-16-15-28(20-30(29)35)41(38,39)27-13-11-23(12-14-27)17-18-34(21-24-7-4-3-5-8-24)22-31(36)25-9-6-10-26(33)19-25/h3-16,19-20,31,35-36H,2,17-18,21-22H2,1H3. The fourth-order valence-electron chi connectivity index (χ4n) is 4.46. The summed E-state index contributed by atoms with van der Waals surface area (Å²) in [7, 11) is -3.92. The summed E-state index contributed by atoms with van der Waals surface area (Å²) in [6.07, 6.45) is -0.0960. The zero-order valence-corrected chi connectivity index (χ0v) is 24.2. The molecule has 4 aromatic carbocycles. The van der Waals surface area contributed by atoms with E-state index >= 15 is 0 Å². The lowest BCUT2D eigenvalue weighted by Gasteiger charge is -2.25. The predicted octanol–water partition coefficient (Wildman–Crippen LogP) is 5.83. The first kappa shape index (κ1) is 30.3. The van der Waals surface area contributed by atoms with Gasteiger partial charge in [0, 0.05) is 24.7 Å². The number of benzene rings is 4. The van der Waals surface area contributed by atoms with Crippen LogP contribution >= 0.6 is 11.6 Å². The minimum Gasteiger partial charge on any atom is -0.507 e. The summed E-state index contributed by atoms with van der Waals surface area (Å²) in [6.45, 7) is 3.44. The second kappa shape index (κ2) is 13.8. The van der Waals surface area contributed by atoms with E-state index in [2.05, 4.69) is 4.90 Å². The molecule has 1 atom stereocenters. The Morgan fingerprint density at radius 3 is 2.27 bits per heavy atom. The molecule has 41 heavy (non-hydrogen) atoms. The molecule has 4 rings (SSSR count). The van der Waals surface area contributed by atoms with E-state index in [9.17, 15) is 23.4 Å². The molecule has 0 fully saturated rings. The zero-order chi connectivity index (χ0) is 29.4. The summed E-state index contributed by atoms with van der Waals surface area (Å²) in [6, 6.07) is 27.3. The number of hydrogen-bond acceptors (Lipinski definition) is 7. The minimum atomic E-state index is -3.92. The molecule has 0 aromatic heterocycles. The molecule has 0 aliphatic heterocycles. The maximum absolute atomic E-state index is 13.2. The number of ether oxygens (including phenoxy) is 1. The van der Waals surface area contributed by atoms with E-state index in [1.165, 1.54) is 24.3 Å². The molecule has 0 spiro atoms. The molecule has 9 heteroatoms. The monoisotopic (exact) mass is 593 g/mol. The largest absolute Gasteiger partial charge is 0.507 e. The second-order valence-electron chi connectivity index (χ2n) is 9.59. The highest BCUT2D eigenvalue weighted by atomic mass is 35.5. The lowest BCUT2D eigenvalue weighted by molar-refractivity contribution is 0.0523. The van der Waals surface area contributed by atoms with Crippen LogP contribution < -0.4 is 0 Å². The Kier molecular flexibility index (Phi) is 10.2. The summed E-state index contributed by atoms with van der Waals surface area (Å²) in [5.74, 6) is -1.18. The van der Waals surface area contributed by atoms with Crippen molar-refractivity contribution >= 4 is 27.4 Å². The van der Waals surface area contributed by atoms with Gasteiger partial charge in [0.25, 0.3) is 0 Å². The topological polar surface area (TPSA) is 104 Å². The Balaban J connectivity index is 1.46. The van der Waals surface area contributed by atoms with Crippen LogP contribution in [-0.4, -0.2) is 49.2 Å². The van der Waals surface area contributed by atoms with Gasteiger partial charge in [-0.3, -0.25) is 4.90 Å². The van der Waals surface area contributed by atoms with Gasteiger partial charge in [-0.2, -0.15) is 0 Å². The van der Waals surface area contributed by atoms with Crippen molar-refractivity contribution in [2.24, 2.45) is 0 Å². The van der Waals surface area contributed by atoms with Crippen molar-refractivity contribution in [1.29, 1.82) is 0 Å². The Hall–Kier alpha value is -3.69. The van der Waals surface area contributed by atoms with Crippen LogP contribution in [0.5, 0.6) is 5.75 Å². The first-order chi connectivity index (χ1) is 19.7. The van der Waals surface area contributed by atoms with E-state index in [1.54, 1.807) is 31.2 Å². The third-order valence-electron chi connectivity index (χ3n) is 6.64. The van der Waals surface area contributed by atoms with Crippen LogP contribution in [0.3, 0.4) is 0 Å². The van der Waals surface area contributed by atoms with Crippen LogP contribution in [0.15, 0.2) is 107 Å². The highest BCUT2D eigenvalue weighted by Gasteiger charge is 2.22. The predicted molar refractivity (Wildman–Crippen MR) is 158 cm³/mol. The van der Waals surface area contributed by atoms with Gasteiger partial charge >= 0.3 is 5.97 Å². The molecule has 0 bridgehead atoms. The number of aliphatic hydroxyl groups is 1. The number of aromatic hydroxyl groups is 1. The Bertz CT molecular complexity index is 1580. The van der Waals surface area contributed by atoms with Gasteiger partial charge in [0.2, 0.25) is 9.84 Å². The normalized spacial score (nSPS) is 12.3. The van der Waals surface area contributed by atoms with Gasteiger partial charge in [-0.05, 0) is 72.5 Å². The average Bonchev–Trinajstić information content (AvgIpc) is 2.96. The molecule has 214 valence electrons. The molecular formula is C32H32ClNO6S. The average molecular weight is 594 g/mol. The first-order valence-electron chi connectivity index (χ1n) is 13.2. The van der Waals surface area contributed by atoms with Crippen molar-refractivity contribution in [3.63, 3.8) is 0 Å². The number of hydrogen-bond donors (Lipinski definition) is 2. The number of phenolic OH excluding ortho intramolecular Hbond substituents is 1. The number of halogens is 1. The van der Waals surface area contributed by atoms with Crippen LogP contribution in [0.1, 0.15) is 40.1 Å². The number of nitrogens with zero attached hydrogens (tertiary/aromatic N) is 1. The zero-order valence-electron chi connectivity index (χ0n) is 22.6. The third-order valence-corrected chi connectivity index (χ3v) is 8.64. The summed E-state index contributed by atoms with van der Waals surface area (Å²) in [5.41, 5.74) is 2.69. The van der Waals surface area contributed by atoms with Crippen LogP contribution in [0, 0.1) is 0 Å². The molecule has 0 aliphatic rings. The number of aliphatic hydroxyl groups excluding tert-OH is 1. The Morgan fingerprint density at radius 1 is 0.902 bits per heavy atom. The summed E-state index contributed by atoms with van der Waals surface area (Å²) in [4.78, 5) is 14.0. The number of phenols is 1. The molecule has 0 heterocycles. The van der Waals surface area contributed by atoms with Crippen molar-refractivity contribution < 1.29 is 28.2 Å². The molecule has 7 nitrogen and oxygen atoms in total. The fourth-order valence-corrected chi connectivity index (χ4v) is 5.94. The molecule has 2 N–H and O–H groups in total. The molecule has 4 aromatic rings. The van der Waals surface area contributed by atoms with E-state index < -0.39 is 27.7 Å². The third kappa shape index (κ3) is 7.95. The van der Waals surface area contributed by atoms with Gasteiger partial charge in [0.1, 0.15) is 11.3 Å². The first-order valence-corrected chi connectivity index (χ1v) is 15.1. The van der Waals surface area contributed by atoms with Gasteiger partial charge < -0.3 is 14.9 Å². The summed E-state index contributed by atoms with van der Waals surface area (Å²) < 4.78 is 31.2.